The molecule has 3 N–H and O–H groups in total. The summed E-state index contributed by atoms with van der Waals surface area (Å²) in [6.45, 7) is 0.772. The summed E-state index contributed by atoms with van der Waals surface area (Å²) in [5.74, 6) is 3.10. The molecule has 0 aliphatic heterocycles. The number of terminal acetylenes is 1. The molecule has 0 saturated carbocycles. The number of benzene rings is 1. The summed E-state index contributed by atoms with van der Waals surface area (Å²) in [4.78, 5) is 13.2. The van der Waals surface area contributed by atoms with Gasteiger partial charge in [0.15, 0.2) is 5.52 Å². The third kappa shape index (κ3) is 3.05. The van der Waals surface area contributed by atoms with Crippen molar-refractivity contribution in [2.24, 2.45) is 0 Å². The molecule has 0 aliphatic rings. The molecule has 0 saturated heterocycles. The number of nitrogens with one attached hydrogen (secondary N) is 1. The van der Waals surface area contributed by atoms with Crippen molar-refractivity contribution in [1.29, 1.82) is 0 Å². The number of H-pyrrole nitrogens is 1. The van der Waals surface area contributed by atoms with E-state index in [1.165, 1.54) is 0 Å². The number of aromatic amines is 1. The van der Waals surface area contributed by atoms with Gasteiger partial charge >= 0.3 is 0 Å². The Labute approximate surface area is 133 Å². The summed E-state index contributed by atoms with van der Waals surface area (Å²) in [6.07, 6.45) is 8.63. The molecule has 110 valence electrons. The van der Waals surface area contributed by atoms with Crippen LogP contribution in [0.4, 0.5) is 5.82 Å². The van der Waals surface area contributed by atoms with E-state index in [0.717, 1.165) is 40.6 Å². The van der Waals surface area contributed by atoms with E-state index in [2.05, 4.69) is 20.9 Å². The lowest BCUT2D eigenvalue weighted by Gasteiger charge is -1.98. The average molecular weight is 310 g/mol. The molecule has 2 aromatic heterocycles. The quantitative estimate of drug-likeness (QED) is 0.431. The largest absolute Gasteiger partial charge is 0.368 e. The van der Waals surface area contributed by atoms with E-state index < -0.39 is 0 Å². The number of aryl methyl sites for hydroxylation is 1. The maximum atomic E-state index is 5.95. The van der Waals surface area contributed by atoms with Crippen LogP contribution >= 0.6 is 11.8 Å². The van der Waals surface area contributed by atoms with Gasteiger partial charge in [0.25, 0.3) is 5.65 Å². The Bertz CT molecular complexity index is 820. The second-order valence-electron chi connectivity index (χ2n) is 4.79. The molecule has 0 fully saturated rings. The van der Waals surface area contributed by atoms with Crippen LogP contribution in [-0.2, 0) is 6.54 Å². The minimum Gasteiger partial charge on any atom is -0.368 e. The summed E-state index contributed by atoms with van der Waals surface area (Å²) < 4.78 is 1.98. The van der Waals surface area contributed by atoms with Gasteiger partial charge in [-0.25, -0.2) is 4.57 Å². The lowest BCUT2D eigenvalue weighted by Crippen LogP contribution is -2.35. The summed E-state index contributed by atoms with van der Waals surface area (Å²) in [7, 11) is 0. The van der Waals surface area contributed by atoms with E-state index >= 15 is 0 Å². The van der Waals surface area contributed by atoms with Crippen molar-refractivity contribution < 1.29 is 4.57 Å². The molecule has 5 nitrogen and oxygen atoms in total. The van der Waals surface area contributed by atoms with Crippen molar-refractivity contribution in [3.05, 3.63) is 36.7 Å². The van der Waals surface area contributed by atoms with Crippen molar-refractivity contribution in [3.8, 4) is 12.3 Å². The Morgan fingerprint density at radius 2 is 2.14 bits per heavy atom. The molecule has 0 atom stereocenters. The van der Waals surface area contributed by atoms with Gasteiger partial charge in [-0.1, -0.05) is 28.2 Å². The fourth-order valence-electron chi connectivity index (χ4n) is 2.14. The Balaban J connectivity index is 1.92. The number of nitrogens with two attached hydrogens (primary N) is 1. The number of rotatable bonds is 5. The molecule has 0 unspecified atom stereocenters. The van der Waals surface area contributed by atoms with Crippen LogP contribution in [0.15, 0.2) is 46.7 Å². The molecular weight excluding hydrogens is 294 g/mol. The average Bonchev–Trinajstić information content (AvgIpc) is 2.95. The molecule has 3 aromatic rings. The third-order valence-corrected chi connectivity index (χ3v) is 4.10. The van der Waals surface area contributed by atoms with Crippen molar-refractivity contribution >= 4 is 28.7 Å². The van der Waals surface area contributed by atoms with E-state index in [1.54, 1.807) is 18.1 Å². The number of nitrogen functional groups attached to an aromatic ring is 1. The second kappa shape index (κ2) is 6.50. The van der Waals surface area contributed by atoms with Crippen LogP contribution in [-0.4, -0.2) is 15.0 Å². The first-order chi connectivity index (χ1) is 10.8. The third-order valence-electron chi connectivity index (χ3n) is 3.21. The number of unbranched alkanes of at least 4 members (excludes halogenated alkanes) is 1. The van der Waals surface area contributed by atoms with E-state index in [1.807, 2.05) is 34.9 Å². The lowest BCUT2D eigenvalue weighted by molar-refractivity contribution is -0.676. The van der Waals surface area contributed by atoms with Gasteiger partial charge in [-0.05, 0) is 30.3 Å². The summed E-state index contributed by atoms with van der Waals surface area (Å²) >= 11 is 1.56. The van der Waals surface area contributed by atoms with E-state index in [9.17, 15) is 0 Å². The predicted molar refractivity (Wildman–Crippen MR) is 87.1 cm³/mol. The molecule has 6 heteroatoms. The number of anilines is 1. The van der Waals surface area contributed by atoms with Crippen LogP contribution in [0.2, 0.25) is 0 Å². The molecule has 0 bridgehead atoms. The van der Waals surface area contributed by atoms with Gasteiger partial charge in [-0.15, -0.1) is 12.3 Å². The minimum atomic E-state index is 0.454. The van der Waals surface area contributed by atoms with Gasteiger partial charge in [0.05, 0.1) is 6.54 Å². The zero-order valence-electron chi connectivity index (χ0n) is 12.0. The van der Waals surface area contributed by atoms with Crippen LogP contribution in [0, 0.1) is 12.3 Å². The van der Waals surface area contributed by atoms with E-state index in [0.29, 0.717) is 5.82 Å². The number of imidazole rings is 1. The van der Waals surface area contributed by atoms with Crippen LogP contribution in [0.25, 0.3) is 11.2 Å². The number of nitrogens with zero attached hydrogens (tertiary/aromatic N) is 3. The fourth-order valence-corrected chi connectivity index (χ4v) is 2.95. The topological polar surface area (TPSA) is 71.5 Å². The predicted octanol–water partition coefficient (Wildman–Crippen LogP) is 2.39. The van der Waals surface area contributed by atoms with Gasteiger partial charge in [0.1, 0.15) is 0 Å². The van der Waals surface area contributed by atoms with Crippen LogP contribution in [0.1, 0.15) is 12.8 Å². The minimum absolute atomic E-state index is 0.454. The maximum absolute atomic E-state index is 5.95. The molecule has 0 spiro atoms. The first-order valence-electron chi connectivity index (χ1n) is 6.98. The van der Waals surface area contributed by atoms with E-state index in [4.69, 9.17) is 12.2 Å². The van der Waals surface area contributed by atoms with Crippen molar-refractivity contribution in [2.75, 3.05) is 5.73 Å². The highest BCUT2D eigenvalue weighted by Gasteiger charge is 2.18. The van der Waals surface area contributed by atoms with Gasteiger partial charge in [0, 0.05) is 11.3 Å². The molecule has 0 aliphatic carbocycles. The number of fused-ring (bicyclic) bond motifs is 1. The van der Waals surface area contributed by atoms with Crippen LogP contribution < -0.4 is 10.3 Å². The first-order valence-corrected chi connectivity index (χ1v) is 7.79. The van der Waals surface area contributed by atoms with Crippen molar-refractivity contribution in [3.63, 3.8) is 0 Å². The zero-order chi connectivity index (χ0) is 15.4. The SMILES string of the molecule is C#CCCC[n+]1cnc(N)c2[nH]c(Sc3ccccc3)nc21. The Kier molecular flexibility index (Phi) is 4.26. The molecule has 0 amide bonds. The molecular formula is C16H16N5S+. The monoisotopic (exact) mass is 310 g/mol. The number of hydrogen-bond donors (Lipinski definition) is 2. The molecule has 3 rings (SSSR count). The maximum Gasteiger partial charge on any atom is 0.294 e. The molecule has 22 heavy (non-hydrogen) atoms. The van der Waals surface area contributed by atoms with E-state index in [-0.39, 0.29) is 0 Å². The number of aromatic nitrogens is 4. The molecule has 0 radical (unpaired) electrons. The Hall–Kier alpha value is -2.52. The van der Waals surface area contributed by atoms with Crippen LogP contribution in [0.3, 0.4) is 0 Å². The second-order valence-corrected chi connectivity index (χ2v) is 5.85. The summed E-state index contributed by atoms with van der Waals surface area (Å²) in [5, 5.41) is 0.798. The highest BCUT2D eigenvalue weighted by Crippen LogP contribution is 2.26. The highest BCUT2D eigenvalue weighted by molar-refractivity contribution is 7.99. The summed E-state index contributed by atoms with van der Waals surface area (Å²) in [5.41, 5.74) is 7.52. The summed E-state index contributed by atoms with van der Waals surface area (Å²) in [6, 6.07) is 10.1. The van der Waals surface area contributed by atoms with Gasteiger partial charge in [-0.2, -0.15) is 0 Å². The van der Waals surface area contributed by atoms with Gasteiger partial charge in [0.2, 0.25) is 17.3 Å². The molecule has 1 aromatic carbocycles. The lowest BCUT2D eigenvalue weighted by atomic mass is 10.3. The normalized spacial score (nSPS) is 10.7. The number of hydrogen-bond acceptors (Lipinski definition) is 4. The standard InChI is InChI=1S/C16H15N5S/c1-2-3-7-10-21-11-18-14(17)13-15(21)20-16(19-13)22-12-8-5-4-6-9-12/h1,4-6,8-9,11H,3,7,10H2,(H2,17,19,20)/p+1. The van der Waals surface area contributed by atoms with Gasteiger partial charge in [-0.3, -0.25) is 0 Å². The van der Waals surface area contributed by atoms with Gasteiger partial charge < -0.3 is 10.7 Å². The zero-order valence-corrected chi connectivity index (χ0v) is 12.8. The fraction of sp³-hybridized carbons (Fsp3) is 0.188. The van der Waals surface area contributed by atoms with Crippen molar-refractivity contribution in [2.45, 2.75) is 29.4 Å². The Morgan fingerprint density at radius 3 is 2.91 bits per heavy atom. The highest BCUT2D eigenvalue weighted by atomic mass is 32.2. The molecule has 2 heterocycles. The van der Waals surface area contributed by atoms with Crippen LogP contribution in [0.5, 0.6) is 0 Å². The first kappa shape index (κ1) is 14.4. The Morgan fingerprint density at radius 1 is 1.32 bits per heavy atom. The van der Waals surface area contributed by atoms with Crippen molar-refractivity contribution in [1.82, 2.24) is 15.0 Å². The smallest absolute Gasteiger partial charge is 0.294 e.